The molecule has 4 nitrogen and oxygen atoms in total. The second-order valence-electron chi connectivity index (χ2n) is 9.08. The molecular formula is C27H32F6O4. The lowest BCUT2D eigenvalue weighted by atomic mass is 9.70. The van der Waals surface area contributed by atoms with E-state index in [1.165, 1.54) is 6.07 Å². The average molecular weight is 535 g/mol. The molecule has 0 aliphatic carbocycles. The number of alkyl halides is 6. The van der Waals surface area contributed by atoms with Crippen molar-refractivity contribution in [3.63, 3.8) is 0 Å². The number of halogens is 6. The van der Waals surface area contributed by atoms with Crippen molar-refractivity contribution < 1.29 is 46.4 Å². The van der Waals surface area contributed by atoms with Gasteiger partial charge in [0.05, 0.1) is 6.61 Å². The highest BCUT2D eigenvalue weighted by Crippen LogP contribution is 2.45. The molecule has 0 saturated heterocycles. The quantitative estimate of drug-likeness (QED) is 0.327. The van der Waals surface area contributed by atoms with Gasteiger partial charge in [-0.2, -0.15) is 26.3 Å². The Balaban J connectivity index is 2.47. The molecule has 0 saturated carbocycles. The molecule has 2 aromatic rings. The number of rotatable bonds is 10. The zero-order chi connectivity index (χ0) is 28.2. The van der Waals surface area contributed by atoms with Gasteiger partial charge < -0.3 is 20.1 Å². The van der Waals surface area contributed by atoms with Crippen LogP contribution in [0.5, 0.6) is 5.75 Å². The van der Waals surface area contributed by atoms with Crippen LogP contribution < -0.4 is 4.74 Å². The van der Waals surface area contributed by atoms with Crippen LogP contribution in [0.4, 0.5) is 26.3 Å². The topological polar surface area (TPSA) is 69.9 Å². The summed E-state index contributed by atoms with van der Waals surface area (Å²) >= 11 is 0. The van der Waals surface area contributed by atoms with Gasteiger partial charge >= 0.3 is 12.4 Å². The zero-order valence-electron chi connectivity index (χ0n) is 21.0. The lowest BCUT2D eigenvalue weighted by Crippen LogP contribution is -2.55. The summed E-state index contributed by atoms with van der Waals surface area (Å²) in [6, 6.07) is 10.4. The fraction of sp³-hybridized carbons (Fsp3) is 0.481. The second-order valence-corrected chi connectivity index (χ2v) is 9.08. The smallest absolute Gasteiger partial charge is 0.430 e. The number of hydrogen-bond acceptors (Lipinski definition) is 4. The van der Waals surface area contributed by atoms with Crippen LogP contribution in [0.15, 0.2) is 42.5 Å². The van der Waals surface area contributed by atoms with E-state index in [2.05, 4.69) is 0 Å². The van der Waals surface area contributed by atoms with E-state index in [9.17, 15) is 36.6 Å². The highest BCUT2D eigenvalue weighted by Gasteiger charge is 2.68. The highest BCUT2D eigenvalue weighted by atomic mass is 19.4. The molecule has 37 heavy (non-hydrogen) atoms. The number of aliphatic hydroxyl groups is 3. The molecule has 0 heterocycles. The minimum Gasteiger partial charge on any atom is -0.491 e. The average Bonchev–Trinajstić information content (AvgIpc) is 2.82. The van der Waals surface area contributed by atoms with E-state index in [1.807, 2.05) is 32.9 Å². The van der Waals surface area contributed by atoms with E-state index < -0.39 is 36.1 Å². The highest BCUT2D eigenvalue weighted by molar-refractivity contribution is 5.57. The third-order valence-corrected chi connectivity index (χ3v) is 6.77. The molecule has 1 atom stereocenters. The van der Waals surface area contributed by atoms with Crippen molar-refractivity contribution in [1.82, 2.24) is 0 Å². The molecule has 0 unspecified atom stereocenters. The molecule has 2 rings (SSSR count). The van der Waals surface area contributed by atoms with Crippen LogP contribution in [0.1, 0.15) is 54.5 Å². The van der Waals surface area contributed by atoms with Crippen LogP contribution in [0.25, 0.3) is 6.08 Å². The molecule has 0 aromatic heterocycles. The van der Waals surface area contributed by atoms with Gasteiger partial charge in [0.15, 0.2) is 0 Å². The Morgan fingerprint density at radius 2 is 1.38 bits per heavy atom. The van der Waals surface area contributed by atoms with Gasteiger partial charge in [-0.25, -0.2) is 0 Å². The zero-order valence-corrected chi connectivity index (χ0v) is 21.0. The minimum atomic E-state index is -5.93. The van der Waals surface area contributed by atoms with Gasteiger partial charge in [-0.3, -0.25) is 0 Å². The van der Waals surface area contributed by atoms with Crippen molar-refractivity contribution in [1.29, 1.82) is 0 Å². The Kier molecular flexibility index (Phi) is 9.49. The first-order valence-electron chi connectivity index (χ1n) is 11.7. The molecule has 0 amide bonds. The monoisotopic (exact) mass is 534 g/mol. The van der Waals surface area contributed by atoms with Crippen molar-refractivity contribution in [2.45, 2.75) is 70.0 Å². The van der Waals surface area contributed by atoms with E-state index in [-0.39, 0.29) is 18.2 Å². The van der Waals surface area contributed by atoms with Gasteiger partial charge in [-0.05, 0) is 66.6 Å². The van der Waals surface area contributed by atoms with Crippen molar-refractivity contribution in [3.05, 3.63) is 70.3 Å². The van der Waals surface area contributed by atoms with Gasteiger partial charge in [-0.1, -0.05) is 50.3 Å². The molecule has 206 valence electrons. The van der Waals surface area contributed by atoms with Crippen LogP contribution in [-0.4, -0.2) is 52.6 Å². The third kappa shape index (κ3) is 6.30. The summed E-state index contributed by atoms with van der Waals surface area (Å²) in [4.78, 5) is 0. The standard InChI is InChI=1S/C27H32F6O4/c1-5-24(6-2,21-9-10-23(18(4)14-21)37-16-22(35)15-34)20-8-7-19(17(3)13-20)11-12-25(36,26(28,29)30)27(31,32)33/h7-14,22,34-36H,5-6,15-16H2,1-4H3/t22-/m0/s1. The summed E-state index contributed by atoms with van der Waals surface area (Å²) in [5.41, 5.74) is -2.34. The molecular weight excluding hydrogens is 502 g/mol. The fourth-order valence-corrected chi connectivity index (χ4v) is 4.30. The van der Waals surface area contributed by atoms with Crippen LogP contribution in [0.3, 0.4) is 0 Å². The first-order valence-corrected chi connectivity index (χ1v) is 11.7. The van der Waals surface area contributed by atoms with Crippen molar-refractivity contribution in [2.24, 2.45) is 0 Å². The fourth-order valence-electron chi connectivity index (χ4n) is 4.30. The van der Waals surface area contributed by atoms with Gasteiger partial charge in [-0.15, -0.1) is 0 Å². The Labute approximate surface area is 212 Å². The van der Waals surface area contributed by atoms with Crippen molar-refractivity contribution in [2.75, 3.05) is 13.2 Å². The first kappa shape index (κ1) is 30.7. The van der Waals surface area contributed by atoms with Crippen molar-refractivity contribution in [3.8, 4) is 5.75 Å². The van der Waals surface area contributed by atoms with Gasteiger partial charge in [0, 0.05) is 5.41 Å². The van der Waals surface area contributed by atoms with E-state index in [4.69, 9.17) is 9.84 Å². The summed E-state index contributed by atoms with van der Waals surface area (Å²) in [6.45, 7) is 6.88. The maximum atomic E-state index is 13.0. The Morgan fingerprint density at radius 1 is 0.865 bits per heavy atom. The van der Waals surface area contributed by atoms with Crippen LogP contribution in [-0.2, 0) is 5.41 Å². The van der Waals surface area contributed by atoms with Gasteiger partial charge in [0.25, 0.3) is 5.60 Å². The van der Waals surface area contributed by atoms with Crippen LogP contribution in [0, 0.1) is 13.8 Å². The molecule has 0 bridgehead atoms. The maximum absolute atomic E-state index is 13.0. The predicted octanol–water partition coefficient (Wildman–Crippen LogP) is 6.01. The van der Waals surface area contributed by atoms with E-state index >= 15 is 0 Å². The summed E-state index contributed by atoms with van der Waals surface area (Å²) in [5, 5.41) is 27.9. The maximum Gasteiger partial charge on any atom is 0.430 e. The van der Waals surface area contributed by atoms with Gasteiger partial charge in [0.1, 0.15) is 18.5 Å². The number of hydrogen-bond donors (Lipinski definition) is 3. The molecule has 0 radical (unpaired) electrons. The molecule has 0 aliphatic heterocycles. The summed E-state index contributed by atoms with van der Waals surface area (Å²) in [6.07, 6.45) is -11.2. The lowest BCUT2D eigenvalue weighted by molar-refractivity contribution is -0.347. The molecule has 0 fully saturated rings. The van der Waals surface area contributed by atoms with Crippen molar-refractivity contribution >= 4 is 6.08 Å². The molecule has 0 spiro atoms. The Morgan fingerprint density at radius 3 is 1.81 bits per heavy atom. The van der Waals surface area contributed by atoms with E-state index in [0.717, 1.165) is 16.7 Å². The number of ether oxygens (including phenoxy) is 1. The summed E-state index contributed by atoms with van der Waals surface area (Å²) in [5.74, 6) is 0.538. The Bertz CT molecular complexity index is 1070. The van der Waals surface area contributed by atoms with Gasteiger partial charge in [0.2, 0.25) is 0 Å². The van der Waals surface area contributed by atoms with E-state index in [1.54, 1.807) is 25.1 Å². The third-order valence-electron chi connectivity index (χ3n) is 6.77. The molecule has 10 heteroatoms. The SMILES string of the molecule is CCC(CC)(c1ccc(C=CC(O)(C(F)(F)F)C(F)(F)F)c(C)c1)c1ccc(OC[C@@H](O)CO)c(C)c1. The summed E-state index contributed by atoms with van der Waals surface area (Å²) < 4.78 is 83.7. The molecule has 0 aliphatic rings. The Hall–Kier alpha value is -2.56. The number of benzene rings is 2. The molecule has 3 N–H and O–H groups in total. The predicted molar refractivity (Wildman–Crippen MR) is 128 cm³/mol. The van der Waals surface area contributed by atoms with Crippen LogP contribution >= 0.6 is 0 Å². The minimum absolute atomic E-state index is 0.0740. The number of aliphatic hydroxyl groups excluding tert-OH is 2. The van der Waals surface area contributed by atoms with Crippen LogP contribution in [0.2, 0.25) is 0 Å². The van der Waals surface area contributed by atoms with E-state index in [0.29, 0.717) is 30.2 Å². The molecule has 2 aromatic carbocycles. The summed E-state index contributed by atoms with van der Waals surface area (Å²) in [7, 11) is 0. The normalized spacial score (nSPS) is 14.3. The number of aryl methyl sites for hydroxylation is 2. The largest absolute Gasteiger partial charge is 0.491 e. The first-order chi connectivity index (χ1) is 17.1. The lowest BCUT2D eigenvalue weighted by Gasteiger charge is -2.34. The second kappa shape index (κ2) is 11.4.